The number of carbonyl (C=O) groups is 1. The predicted octanol–water partition coefficient (Wildman–Crippen LogP) is 5.21. The molecule has 120 valence electrons. The Morgan fingerprint density at radius 1 is 1.08 bits per heavy atom. The Hall–Kier alpha value is -2.53. The van der Waals surface area contributed by atoms with Crippen molar-refractivity contribution in [1.29, 1.82) is 0 Å². The van der Waals surface area contributed by atoms with E-state index in [1.165, 1.54) is 18.2 Å². The molecule has 0 saturated heterocycles. The summed E-state index contributed by atoms with van der Waals surface area (Å²) in [5, 5.41) is 2.76. The maximum atomic E-state index is 13.1. The van der Waals surface area contributed by atoms with Crippen LogP contribution < -0.4 is 5.32 Å². The summed E-state index contributed by atoms with van der Waals surface area (Å²) in [6.45, 7) is 1.79. The van der Waals surface area contributed by atoms with Gasteiger partial charge in [-0.2, -0.15) is 0 Å². The maximum Gasteiger partial charge on any atom is 0.257 e. The van der Waals surface area contributed by atoms with Crippen LogP contribution in [0.3, 0.4) is 0 Å². The fraction of sp³-hybridized carbons (Fsp3) is 0.0526. The summed E-state index contributed by atoms with van der Waals surface area (Å²) in [5.41, 5.74) is 3.42. The summed E-state index contributed by atoms with van der Waals surface area (Å²) in [6.07, 6.45) is 0. The van der Waals surface area contributed by atoms with Crippen molar-refractivity contribution in [3.8, 4) is 11.3 Å². The van der Waals surface area contributed by atoms with Crippen LogP contribution in [0.4, 0.5) is 10.1 Å². The molecule has 5 heteroatoms. The van der Waals surface area contributed by atoms with E-state index < -0.39 is 0 Å². The van der Waals surface area contributed by atoms with Gasteiger partial charge in [0.1, 0.15) is 5.82 Å². The van der Waals surface area contributed by atoms with Crippen molar-refractivity contribution in [2.45, 2.75) is 6.92 Å². The molecule has 0 spiro atoms. The normalized spacial score (nSPS) is 10.5. The lowest BCUT2D eigenvalue weighted by molar-refractivity contribution is 0.102. The molecule has 0 aliphatic carbocycles. The first kappa shape index (κ1) is 16.3. The zero-order valence-electron chi connectivity index (χ0n) is 12.9. The Kier molecular flexibility index (Phi) is 4.71. The first-order valence-corrected chi connectivity index (χ1v) is 8.13. The van der Waals surface area contributed by atoms with Gasteiger partial charge in [-0.15, -0.1) is 0 Å². The van der Waals surface area contributed by atoms with Crippen molar-refractivity contribution in [1.82, 2.24) is 4.98 Å². The number of anilines is 1. The van der Waals surface area contributed by atoms with Crippen molar-refractivity contribution in [2.75, 3.05) is 5.32 Å². The molecule has 3 aromatic rings. The summed E-state index contributed by atoms with van der Waals surface area (Å²) in [4.78, 5) is 17.0. The predicted molar refractivity (Wildman–Crippen MR) is 96.5 cm³/mol. The van der Waals surface area contributed by atoms with Crippen LogP contribution in [0.2, 0.25) is 0 Å². The molecule has 0 bridgehead atoms. The Labute approximate surface area is 147 Å². The number of halogens is 2. The molecule has 1 N–H and O–H groups in total. The third-order valence-corrected chi connectivity index (χ3v) is 4.24. The lowest BCUT2D eigenvalue weighted by Gasteiger charge is -2.10. The van der Waals surface area contributed by atoms with Gasteiger partial charge in [0.05, 0.1) is 22.6 Å². The van der Waals surface area contributed by atoms with Crippen LogP contribution in [0.15, 0.2) is 65.1 Å². The van der Waals surface area contributed by atoms with Crippen molar-refractivity contribution < 1.29 is 9.18 Å². The molecule has 3 nitrogen and oxygen atoms in total. The first-order chi connectivity index (χ1) is 11.5. The third-order valence-electron chi connectivity index (χ3n) is 3.58. The highest BCUT2D eigenvalue weighted by molar-refractivity contribution is 9.10. The van der Waals surface area contributed by atoms with E-state index in [0.29, 0.717) is 21.4 Å². The van der Waals surface area contributed by atoms with Crippen molar-refractivity contribution >= 4 is 27.5 Å². The first-order valence-electron chi connectivity index (χ1n) is 7.34. The van der Waals surface area contributed by atoms with Crippen molar-refractivity contribution in [3.05, 3.63) is 82.2 Å². The number of pyridine rings is 1. The molecule has 0 atom stereocenters. The number of carbonyl (C=O) groups excluding carboxylic acids is 1. The Morgan fingerprint density at radius 3 is 2.50 bits per heavy atom. The number of aromatic nitrogens is 1. The molecule has 1 amide bonds. The standard InChI is InChI=1S/C19H14BrFN2O/c1-12-15(8-10-17(22-12)13-5-3-2-4-6-13)19(24)23-18-9-7-14(21)11-16(18)20/h2-11H,1H3,(H,23,24). The second kappa shape index (κ2) is 6.93. The molecule has 1 aromatic heterocycles. The molecule has 3 rings (SSSR count). The second-order valence-electron chi connectivity index (χ2n) is 5.27. The summed E-state index contributed by atoms with van der Waals surface area (Å²) >= 11 is 3.24. The van der Waals surface area contributed by atoms with Gasteiger partial charge in [-0.1, -0.05) is 30.3 Å². The fourth-order valence-electron chi connectivity index (χ4n) is 2.35. The largest absolute Gasteiger partial charge is 0.321 e. The van der Waals surface area contributed by atoms with Gasteiger partial charge in [0.2, 0.25) is 0 Å². The van der Waals surface area contributed by atoms with Gasteiger partial charge in [0.15, 0.2) is 0 Å². The van der Waals surface area contributed by atoms with Crippen LogP contribution in [0.1, 0.15) is 16.1 Å². The molecule has 0 saturated carbocycles. The molecule has 0 aliphatic heterocycles. The highest BCUT2D eigenvalue weighted by Crippen LogP contribution is 2.24. The van der Waals surface area contributed by atoms with E-state index in [0.717, 1.165) is 11.3 Å². The van der Waals surface area contributed by atoms with Crippen LogP contribution in [0, 0.1) is 12.7 Å². The van der Waals surface area contributed by atoms with Gasteiger partial charge in [-0.3, -0.25) is 9.78 Å². The number of hydrogen-bond acceptors (Lipinski definition) is 2. The Bertz CT molecular complexity index is 897. The van der Waals surface area contributed by atoms with E-state index in [-0.39, 0.29) is 11.7 Å². The Balaban J connectivity index is 1.85. The highest BCUT2D eigenvalue weighted by Gasteiger charge is 2.13. The lowest BCUT2D eigenvalue weighted by Crippen LogP contribution is -2.14. The van der Waals surface area contributed by atoms with Gasteiger partial charge >= 0.3 is 0 Å². The number of amides is 1. The molecule has 0 fully saturated rings. The lowest BCUT2D eigenvalue weighted by atomic mass is 10.1. The van der Waals surface area contributed by atoms with Crippen LogP contribution in [-0.4, -0.2) is 10.9 Å². The zero-order chi connectivity index (χ0) is 17.1. The highest BCUT2D eigenvalue weighted by atomic mass is 79.9. The minimum absolute atomic E-state index is 0.285. The number of aryl methyl sites for hydroxylation is 1. The average Bonchev–Trinajstić information content (AvgIpc) is 2.58. The van der Waals surface area contributed by atoms with Crippen molar-refractivity contribution in [3.63, 3.8) is 0 Å². The van der Waals surface area contributed by atoms with Crippen LogP contribution in [-0.2, 0) is 0 Å². The Morgan fingerprint density at radius 2 is 1.83 bits per heavy atom. The van der Waals surface area contributed by atoms with Gasteiger partial charge in [0.25, 0.3) is 5.91 Å². The second-order valence-corrected chi connectivity index (χ2v) is 6.13. The maximum absolute atomic E-state index is 13.1. The molecule has 0 unspecified atom stereocenters. The van der Waals surface area contributed by atoms with Crippen molar-refractivity contribution in [2.24, 2.45) is 0 Å². The van der Waals surface area contributed by atoms with Crippen LogP contribution in [0.5, 0.6) is 0 Å². The molecule has 2 aromatic carbocycles. The fourth-order valence-corrected chi connectivity index (χ4v) is 2.80. The van der Waals surface area contributed by atoms with E-state index in [2.05, 4.69) is 26.2 Å². The molecule has 0 aliphatic rings. The SMILES string of the molecule is Cc1nc(-c2ccccc2)ccc1C(=O)Nc1ccc(F)cc1Br. The smallest absolute Gasteiger partial charge is 0.257 e. The molecule has 0 radical (unpaired) electrons. The molecular formula is C19H14BrFN2O. The molecule has 24 heavy (non-hydrogen) atoms. The number of nitrogens with zero attached hydrogens (tertiary/aromatic N) is 1. The number of hydrogen-bond donors (Lipinski definition) is 1. The summed E-state index contributed by atoms with van der Waals surface area (Å²) in [5.74, 6) is -0.656. The summed E-state index contributed by atoms with van der Waals surface area (Å²) in [6, 6.07) is 17.4. The third kappa shape index (κ3) is 3.51. The zero-order valence-corrected chi connectivity index (χ0v) is 14.5. The quantitative estimate of drug-likeness (QED) is 0.673. The van der Waals surface area contributed by atoms with Crippen LogP contribution >= 0.6 is 15.9 Å². The summed E-state index contributed by atoms with van der Waals surface area (Å²) < 4.78 is 13.6. The van der Waals surface area contributed by atoms with Gasteiger partial charge < -0.3 is 5.32 Å². The summed E-state index contributed by atoms with van der Waals surface area (Å²) in [7, 11) is 0. The van der Waals surface area contributed by atoms with Gasteiger partial charge in [0, 0.05) is 10.0 Å². The van der Waals surface area contributed by atoms with E-state index in [9.17, 15) is 9.18 Å². The van der Waals surface area contributed by atoms with E-state index in [1.807, 2.05) is 36.4 Å². The van der Waals surface area contributed by atoms with E-state index >= 15 is 0 Å². The average molecular weight is 385 g/mol. The minimum Gasteiger partial charge on any atom is -0.321 e. The number of rotatable bonds is 3. The topological polar surface area (TPSA) is 42.0 Å². The molecular weight excluding hydrogens is 371 g/mol. The monoisotopic (exact) mass is 384 g/mol. The van der Waals surface area contributed by atoms with E-state index in [4.69, 9.17) is 0 Å². The minimum atomic E-state index is -0.370. The van der Waals surface area contributed by atoms with E-state index in [1.54, 1.807) is 13.0 Å². The van der Waals surface area contributed by atoms with Crippen LogP contribution in [0.25, 0.3) is 11.3 Å². The number of nitrogens with one attached hydrogen (secondary N) is 1. The molecule has 1 heterocycles. The van der Waals surface area contributed by atoms with Gasteiger partial charge in [-0.25, -0.2) is 4.39 Å². The number of benzene rings is 2. The van der Waals surface area contributed by atoms with Gasteiger partial charge in [-0.05, 0) is 53.2 Å².